The monoisotopic (exact) mass is 432 g/mol. The molecule has 1 aliphatic heterocycles. The van der Waals surface area contributed by atoms with Gasteiger partial charge in [0.15, 0.2) is 0 Å². The topological polar surface area (TPSA) is 84.9 Å². The van der Waals surface area contributed by atoms with E-state index in [9.17, 15) is 13.2 Å². The standard InChI is InChI=1S/C22H28N2O5S/c1-17-7-6-8-18(15-17)29-14-11-23-30(26,27)19-9-10-21(28-2)20(16-19)22(25)24-12-4-3-5-13-24/h6-10,15-16,23H,3-5,11-14H2,1-2H3. The molecule has 1 heterocycles. The van der Waals surface area contributed by atoms with Crippen molar-refractivity contribution in [1.29, 1.82) is 0 Å². The van der Waals surface area contributed by atoms with Gasteiger partial charge in [0.05, 0.1) is 17.6 Å². The Morgan fingerprint density at radius 2 is 1.87 bits per heavy atom. The average Bonchev–Trinajstić information content (AvgIpc) is 2.76. The Labute approximate surface area is 178 Å². The quantitative estimate of drug-likeness (QED) is 0.648. The number of sulfonamides is 1. The van der Waals surface area contributed by atoms with Crippen LogP contribution in [0.2, 0.25) is 0 Å². The third kappa shape index (κ3) is 5.52. The van der Waals surface area contributed by atoms with Crippen LogP contribution in [0.25, 0.3) is 0 Å². The minimum absolute atomic E-state index is 0.0271. The summed E-state index contributed by atoms with van der Waals surface area (Å²) in [4.78, 5) is 14.7. The number of likely N-dealkylation sites (tertiary alicyclic amines) is 1. The average molecular weight is 433 g/mol. The maximum absolute atomic E-state index is 12.9. The zero-order chi connectivity index (χ0) is 21.6. The van der Waals surface area contributed by atoms with Crippen LogP contribution >= 0.6 is 0 Å². The van der Waals surface area contributed by atoms with E-state index in [0.717, 1.165) is 24.8 Å². The molecular weight excluding hydrogens is 404 g/mol. The van der Waals surface area contributed by atoms with Crippen molar-refractivity contribution in [3.8, 4) is 11.5 Å². The van der Waals surface area contributed by atoms with Gasteiger partial charge in [-0.25, -0.2) is 13.1 Å². The number of benzene rings is 2. The smallest absolute Gasteiger partial charge is 0.257 e. The number of carbonyl (C=O) groups excluding carboxylic acids is 1. The van der Waals surface area contributed by atoms with Crippen LogP contribution in [0.5, 0.6) is 11.5 Å². The minimum Gasteiger partial charge on any atom is -0.496 e. The first-order chi connectivity index (χ1) is 14.4. The lowest BCUT2D eigenvalue weighted by Crippen LogP contribution is -2.36. The Hall–Kier alpha value is -2.58. The Morgan fingerprint density at radius 1 is 1.10 bits per heavy atom. The van der Waals surface area contributed by atoms with E-state index in [0.29, 0.717) is 24.6 Å². The van der Waals surface area contributed by atoms with E-state index in [1.165, 1.54) is 25.3 Å². The van der Waals surface area contributed by atoms with Gasteiger partial charge in [-0.05, 0) is 62.1 Å². The van der Waals surface area contributed by atoms with E-state index in [4.69, 9.17) is 9.47 Å². The van der Waals surface area contributed by atoms with E-state index >= 15 is 0 Å². The molecule has 30 heavy (non-hydrogen) atoms. The predicted octanol–water partition coefficient (Wildman–Crippen LogP) is 2.99. The third-order valence-corrected chi connectivity index (χ3v) is 6.47. The molecule has 0 radical (unpaired) electrons. The van der Waals surface area contributed by atoms with Gasteiger partial charge in [0.25, 0.3) is 5.91 Å². The minimum atomic E-state index is -3.79. The van der Waals surface area contributed by atoms with Gasteiger partial charge in [-0.3, -0.25) is 4.79 Å². The first-order valence-corrected chi connectivity index (χ1v) is 11.6. The summed E-state index contributed by atoms with van der Waals surface area (Å²) in [6, 6.07) is 11.9. The first kappa shape index (κ1) is 22.1. The molecule has 0 unspecified atom stereocenters. The Balaban J connectivity index is 1.68. The number of rotatable bonds is 8. The van der Waals surface area contributed by atoms with Gasteiger partial charge in [0.2, 0.25) is 10.0 Å². The van der Waals surface area contributed by atoms with Crippen molar-refractivity contribution in [3.63, 3.8) is 0 Å². The van der Waals surface area contributed by atoms with E-state index in [2.05, 4.69) is 4.72 Å². The molecule has 3 rings (SSSR count). The number of amides is 1. The molecule has 0 bridgehead atoms. The summed E-state index contributed by atoms with van der Waals surface area (Å²) < 4.78 is 38.8. The molecule has 162 valence electrons. The van der Waals surface area contributed by atoms with Crippen molar-refractivity contribution in [1.82, 2.24) is 9.62 Å². The van der Waals surface area contributed by atoms with Gasteiger partial charge >= 0.3 is 0 Å². The van der Waals surface area contributed by atoms with Crippen LogP contribution in [0.1, 0.15) is 35.2 Å². The van der Waals surface area contributed by atoms with Crippen LogP contribution in [-0.2, 0) is 10.0 Å². The van der Waals surface area contributed by atoms with Crippen molar-refractivity contribution >= 4 is 15.9 Å². The Kier molecular flexibility index (Phi) is 7.33. The van der Waals surface area contributed by atoms with Crippen molar-refractivity contribution in [2.24, 2.45) is 0 Å². The van der Waals surface area contributed by atoms with Crippen LogP contribution in [0.15, 0.2) is 47.4 Å². The lowest BCUT2D eigenvalue weighted by atomic mass is 10.1. The summed E-state index contributed by atoms with van der Waals surface area (Å²) in [5.41, 5.74) is 1.33. The summed E-state index contributed by atoms with van der Waals surface area (Å²) >= 11 is 0. The van der Waals surface area contributed by atoms with Gasteiger partial charge in [0, 0.05) is 19.6 Å². The van der Waals surface area contributed by atoms with Gasteiger partial charge in [-0.1, -0.05) is 12.1 Å². The van der Waals surface area contributed by atoms with E-state index < -0.39 is 10.0 Å². The van der Waals surface area contributed by atoms with Crippen LogP contribution < -0.4 is 14.2 Å². The van der Waals surface area contributed by atoms with Crippen LogP contribution in [0, 0.1) is 6.92 Å². The van der Waals surface area contributed by atoms with E-state index in [1.807, 2.05) is 31.2 Å². The second-order valence-electron chi connectivity index (χ2n) is 7.28. The molecule has 0 spiro atoms. The molecule has 1 fully saturated rings. The van der Waals surface area contributed by atoms with Gasteiger partial charge in [-0.2, -0.15) is 0 Å². The lowest BCUT2D eigenvalue weighted by molar-refractivity contribution is 0.0720. The molecule has 0 aliphatic carbocycles. The summed E-state index contributed by atoms with van der Waals surface area (Å²) in [5.74, 6) is 0.853. The number of piperidine rings is 1. The third-order valence-electron chi connectivity index (χ3n) is 5.01. The maximum atomic E-state index is 12.9. The largest absolute Gasteiger partial charge is 0.496 e. The SMILES string of the molecule is COc1ccc(S(=O)(=O)NCCOc2cccc(C)c2)cc1C(=O)N1CCCCC1. The molecule has 0 atom stereocenters. The van der Waals surface area contributed by atoms with Gasteiger partial charge in [0.1, 0.15) is 18.1 Å². The van der Waals surface area contributed by atoms with Crippen molar-refractivity contribution in [2.45, 2.75) is 31.1 Å². The molecule has 0 saturated carbocycles. The second-order valence-corrected chi connectivity index (χ2v) is 9.04. The second kappa shape index (κ2) is 9.95. The first-order valence-electron chi connectivity index (χ1n) is 10.1. The Morgan fingerprint density at radius 3 is 2.57 bits per heavy atom. The Bertz CT molecular complexity index is 985. The number of hydrogen-bond donors (Lipinski definition) is 1. The number of nitrogens with one attached hydrogen (secondary N) is 1. The number of nitrogens with zero attached hydrogens (tertiary/aromatic N) is 1. The maximum Gasteiger partial charge on any atom is 0.257 e. The number of aryl methyl sites for hydroxylation is 1. The van der Waals surface area contributed by atoms with Crippen LogP contribution in [0.3, 0.4) is 0 Å². The molecular formula is C22H28N2O5S. The molecule has 8 heteroatoms. The highest BCUT2D eigenvalue weighted by Gasteiger charge is 2.24. The van der Waals surface area contributed by atoms with E-state index in [-0.39, 0.29) is 29.5 Å². The molecule has 1 aliphatic rings. The highest BCUT2D eigenvalue weighted by Crippen LogP contribution is 2.25. The fourth-order valence-electron chi connectivity index (χ4n) is 3.42. The molecule has 1 saturated heterocycles. The van der Waals surface area contributed by atoms with Crippen molar-refractivity contribution < 1.29 is 22.7 Å². The highest BCUT2D eigenvalue weighted by atomic mass is 32.2. The number of hydrogen-bond acceptors (Lipinski definition) is 5. The number of ether oxygens (including phenoxy) is 2. The molecule has 1 N–H and O–H groups in total. The number of carbonyl (C=O) groups is 1. The van der Waals surface area contributed by atoms with Crippen molar-refractivity contribution in [2.75, 3.05) is 33.4 Å². The fraction of sp³-hybridized carbons (Fsp3) is 0.409. The molecule has 7 nitrogen and oxygen atoms in total. The summed E-state index contributed by atoms with van der Waals surface area (Å²) in [6.45, 7) is 3.61. The van der Waals surface area contributed by atoms with E-state index in [1.54, 1.807) is 4.90 Å². The zero-order valence-corrected chi connectivity index (χ0v) is 18.2. The van der Waals surface area contributed by atoms with Crippen molar-refractivity contribution in [3.05, 3.63) is 53.6 Å². The van der Waals surface area contributed by atoms with Crippen LogP contribution in [-0.4, -0.2) is 52.6 Å². The highest BCUT2D eigenvalue weighted by molar-refractivity contribution is 7.89. The van der Waals surface area contributed by atoms with Crippen LogP contribution in [0.4, 0.5) is 0 Å². The molecule has 2 aromatic carbocycles. The molecule has 0 aromatic heterocycles. The zero-order valence-electron chi connectivity index (χ0n) is 17.4. The summed E-state index contributed by atoms with van der Waals surface area (Å²) in [5, 5.41) is 0. The summed E-state index contributed by atoms with van der Waals surface area (Å²) in [7, 11) is -2.32. The predicted molar refractivity (Wildman–Crippen MR) is 115 cm³/mol. The number of methoxy groups -OCH3 is 1. The van der Waals surface area contributed by atoms with Gasteiger partial charge in [-0.15, -0.1) is 0 Å². The molecule has 1 amide bonds. The summed E-state index contributed by atoms with van der Waals surface area (Å²) in [6.07, 6.45) is 3.01. The molecule has 2 aromatic rings. The normalized spacial score (nSPS) is 14.4. The lowest BCUT2D eigenvalue weighted by Gasteiger charge is -2.27. The van der Waals surface area contributed by atoms with Gasteiger partial charge < -0.3 is 14.4 Å². The fourth-order valence-corrected chi connectivity index (χ4v) is 4.46.